The third-order valence-electron chi connectivity index (χ3n) is 3.08. The summed E-state index contributed by atoms with van der Waals surface area (Å²) in [5, 5.41) is 13.3. The average Bonchev–Trinajstić information content (AvgIpc) is 2.89. The smallest absolute Gasteiger partial charge is 0.126 e. The summed E-state index contributed by atoms with van der Waals surface area (Å²) in [6.45, 7) is 1.46. The monoisotopic (exact) mass is 221 g/mol. The van der Waals surface area contributed by atoms with Crippen molar-refractivity contribution < 1.29 is 9.52 Å². The Bertz CT molecular complexity index is 324. The van der Waals surface area contributed by atoms with Crippen molar-refractivity contribution in [3.05, 3.63) is 30.2 Å². The zero-order valence-electron chi connectivity index (χ0n) is 9.48. The minimum atomic E-state index is -0.460. The molecule has 0 saturated heterocycles. The van der Waals surface area contributed by atoms with E-state index in [1.54, 1.807) is 6.26 Å². The molecule has 0 amide bonds. The van der Waals surface area contributed by atoms with E-state index in [2.05, 4.69) is 5.32 Å². The molecule has 1 saturated carbocycles. The fraction of sp³-hybridized carbons (Fsp3) is 0.538. The molecule has 0 aromatic carbocycles. The lowest BCUT2D eigenvalue weighted by Crippen LogP contribution is -2.37. The predicted molar refractivity (Wildman–Crippen MR) is 64.0 cm³/mol. The molecule has 3 heteroatoms. The van der Waals surface area contributed by atoms with E-state index in [1.165, 1.54) is 0 Å². The molecule has 0 atom stereocenters. The first-order valence-electron chi connectivity index (χ1n) is 5.92. The van der Waals surface area contributed by atoms with Crippen LogP contribution < -0.4 is 5.32 Å². The van der Waals surface area contributed by atoms with Crippen LogP contribution in [0.5, 0.6) is 0 Å². The Morgan fingerprint density at radius 2 is 2.25 bits per heavy atom. The van der Waals surface area contributed by atoms with Gasteiger partial charge in [0.15, 0.2) is 0 Å². The lowest BCUT2D eigenvalue weighted by molar-refractivity contribution is 0.0488. The largest absolute Gasteiger partial charge is 0.465 e. The van der Waals surface area contributed by atoms with Gasteiger partial charge in [-0.05, 0) is 31.1 Å². The Labute approximate surface area is 96.2 Å². The summed E-state index contributed by atoms with van der Waals surface area (Å²) in [4.78, 5) is 0. The number of hydrogen-bond acceptors (Lipinski definition) is 3. The molecule has 88 valence electrons. The molecule has 1 aromatic heterocycles. The Hall–Kier alpha value is -1.06. The normalized spacial score (nSPS) is 19.6. The summed E-state index contributed by atoms with van der Waals surface area (Å²) < 4.78 is 5.17. The van der Waals surface area contributed by atoms with Gasteiger partial charge in [-0.2, -0.15) is 0 Å². The SMILES string of the molecule is OC1(CNC/C=C/c2ccco2)CCCC1. The standard InChI is InChI=1S/C13H19NO2/c15-13(7-1-2-8-13)11-14-9-3-5-12-6-4-10-16-12/h3-6,10,14-15H,1-2,7-9,11H2/b5-3+. The molecular weight excluding hydrogens is 202 g/mol. The van der Waals surface area contributed by atoms with E-state index in [0.29, 0.717) is 6.54 Å². The zero-order chi connectivity index (χ0) is 11.3. The van der Waals surface area contributed by atoms with Gasteiger partial charge in [-0.1, -0.05) is 18.9 Å². The van der Waals surface area contributed by atoms with E-state index in [-0.39, 0.29) is 0 Å². The Morgan fingerprint density at radius 3 is 2.94 bits per heavy atom. The van der Waals surface area contributed by atoms with Crippen molar-refractivity contribution in [1.82, 2.24) is 5.32 Å². The van der Waals surface area contributed by atoms with Crippen LogP contribution in [0.25, 0.3) is 6.08 Å². The topological polar surface area (TPSA) is 45.4 Å². The van der Waals surface area contributed by atoms with Gasteiger partial charge in [-0.15, -0.1) is 0 Å². The molecule has 1 aromatic rings. The Morgan fingerprint density at radius 1 is 1.44 bits per heavy atom. The summed E-state index contributed by atoms with van der Waals surface area (Å²) >= 11 is 0. The summed E-state index contributed by atoms with van der Waals surface area (Å²) in [5.74, 6) is 0.862. The fourth-order valence-corrected chi connectivity index (χ4v) is 2.16. The first kappa shape index (κ1) is 11.4. The van der Waals surface area contributed by atoms with Crippen molar-refractivity contribution in [1.29, 1.82) is 0 Å². The van der Waals surface area contributed by atoms with Gasteiger partial charge < -0.3 is 14.8 Å². The van der Waals surface area contributed by atoms with Gasteiger partial charge in [0, 0.05) is 13.1 Å². The molecule has 0 aliphatic heterocycles. The van der Waals surface area contributed by atoms with Crippen LogP contribution in [0.1, 0.15) is 31.4 Å². The van der Waals surface area contributed by atoms with Crippen molar-refractivity contribution in [3.8, 4) is 0 Å². The van der Waals surface area contributed by atoms with Crippen molar-refractivity contribution >= 4 is 6.08 Å². The molecule has 0 radical (unpaired) electrons. The second-order valence-corrected chi connectivity index (χ2v) is 4.48. The predicted octanol–water partition coefficient (Wildman–Crippen LogP) is 2.19. The molecule has 16 heavy (non-hydrogen) atoms. The number of furan rings is 1. The van der Waals surface area contributed by atoms with Crippen LogP contribution >= 0.6 is 0 Å². The van der Waals surface area contributed by atoms with Crippen LogP contribution in [-0.2, 0) is 0 Å². The highest BCUT2D eigenvalue weighted by Crippen LogP contribution is 2.28. The van der Waals surface area contributed by atoms with E-state index in [0.717, 1.165) is 38.0 Å². The third kappa shape index (κ3) is 3.22. The van der Waals surface area contributed by atoms with Crippen LogP contribution in [0.3, 0.4) is 0 Å². The first-order chi connectivity index (χ1) is 7.79. The Kier molecular flexibility index (Phi) is 3.80. The molecular formula is C13H19NO2. The van der Waals surface area contributed by atoms with Gasteiger partial charge in [0.2, 0.25) is 0 Å². The molecule has 0 bridgehead atoms. The van der Waals surface area contributed by atoms with E-state index in [1.807, 2.05) is 24.3 Å². The molecule has 2 rings (SSSR count). The average molecular weight is 221 g/mol. The van der Waals surface area contributed by atoms with Crippen molar-refractivity contribution in [2.75, 3.05) is 13.1 Å². The molecule has 0 unspecified atom stereocenters. The van der Waals surface area contributed by atoms with Gasteiger partial charge in [0.1, 0.15) is 5.76 Å². The summed E-state index contributed by atoms with van der Waals surface area (Å²) in [6.07, 6.45) is 9.78. The maximum atomic E-state index is 10.1. The van der Waals surface area contributed by atoms with E-state index in [4.69, 9.17) is 4.42 Å². The van der Waals surface area contributed by atoms with E-state index in [9.17, 15) is 5.11 Å². The first-order valence-corrected chi connectivity index (χ1v) is 5.92. The van der Waals surface area contributed by atoms with Gasteiger partial charge in [-0.25, -0.2) is 0 Å². The molecule has 1 fully saturated rings. The zero-order valence-corrected chi connectivity index (χ0v) is 9.48. The molecule has 2 N–H and O–H groups in total. The number of rotatable bonds is 5. The van der Waals surface area contributed by atoms with Gasteiger partial charge in [0.05, 0.1) is 11.9 Å². The minimum absolute atomic E-state index is 0.460. The minimum Gasteiger partial charge on any atom is -0.465 e. The maximum Gasteiger partial charge on any atom is 0.126 e. The summed E-state index contributed by atoms with van der Waals surface area (Å²) in [7, 11) is 0. The maximum absolute atomic E-state index is 10.1. The summed E-state index contributed by atoms with van der Waals surface area (Å²) in [6, 6.07) is 3.79. The van der Waals surface area contributed by atoms with Crippen LogP contribution in [0.2, 0.25) is 0 Å². The number of nitrogens with one attached hydrogen (secondary N) is 1. The second kappa shape index (κ2) is 5.32. The van der Waals surface area contributed by atoms with Crippen molar-refractivity contribution in [2.24, 2.45) is 0 Å². The highest BCUT2D eigenvalue weighted by molar-refractivity contribution is 5.42. The third-order valence-corrected chi connectivity index (χ3v) is 3.08. The van der Waals surface area contributed by atoms with Crippen molar-refractivity contribution in [3.63, 3.8) is 0 Å². The number of hydrogen-bond donors (Lipinski definition) is 2. The lowest BCUT2D eigenvalue weighted by atomic mass is 10.0. The summed E-state index contributed by atoms with van der Waals surface area (Å²) in [5.41, 5.74) is -0.460. The fourth-order valence-electron chi connectivity index (χ4n) is 2.16. The van der Waals surface area contributed by atoms with Crippen LogP contribution in [0.4, 0.5) is 0 Å². The van der Waals surface area contributed by atoms with Gasteiger partial charge in [0.25, 0.3) is 0 Å². The van der Waals surface area contributed by atoms with Crippen LogP contribution in [0, 0.1) is 0 Å². The lowest BCUT2D eigenvalue weighted by Gasteiger charge is -2.21. The van der Waals surface area contributed by atoms with E-state index < -0.39 is 5.60 Å². The Balaban J connectivity index is 1.65. The van der Waals surface area contributed by atoms with Gasteiger partial charge in [-0.3, -0.25) is 0 Å². The molecule has 0 spiro atoms. The second-order valence-electron chi connectivity index (χ2n) is 4.48. The molecule has 1 heterocycles. The molecule has 3 nitrogen and oxygen atoms in total. The highest BCUT2D eigenvalue weighted by Gasteiger charge is 2.29. The van der Waals surface area contributed by atoms with E-state index >= 15 is 0 Å². The number of aliphatic hydroxyl groups is 1. The highest BCUT2D eigenvalue weighted by atomic mass is 16.3. The van der Waals surface area contributed by atoms with Crippen LogP contribution in [-0.4, -0.2) is 23.8 Å². The molecule has 1 aliphatic carbocycles. The quantitative estimate of drug-likeness (QED) is 0.749. The molecule has 1 aliphatic rings. The van der Waals surface area contributed by atoms with Crippen molar-refractivity contribution in [2.45, 2.75) is 31.3 Å². The van der Waals surface area contributed by atoms with Crippen LogP contribution in [0.15, 0.2) is 28.9 Å². The van der Waals surface area contributed by atoms with Gasteiger partial charge >= 0.3 is 0 Å².